The van der Waals surface area contributed by atoms with E-state index in [-0.39, 0.29) is 0 Å². The first kappa shape index (κ1) is 34.3. The van der Waals surface area contributed by atoms with E-state index in [2.05, 4.69) is 0 Å². The van der Waals surface area contributed by atoms with E-state index in [9.17, 15) is 105 Å². The molecule has 0 bridgehead atoms. The minimum atomic E-state index is -9.44. The van der Waals surface area contributed by atoms with Gasteiger partial charge >= 0.3 is 66.0 Å². The molecule has 1 unspecified atom stereocenters. The van der Waals surface area contributed by atoms with Crippen LogP contribution in [0.4, 0.5) is 105 Å². The van der Waals surface area contributed by atoms with E-state index in [4.69, 9.17) is 0 Å². The zero-order valence-electron chi connectivity index (χ0n) is 15.0. The van der Waals surface area contributed by atoms with Gasteiger partial charge < -0.3 is 0 Å². The Morgan fingerprint density at radius 2 is 0.528 bits per heavy atom. The number of ether oxygens (including phenoxy) is 1. The highest BCUT2D eigenvalue weighted by Gasteiger charge is 2.98. The summed E-state index contributed by atoms with van der Waals surface area (Å²) in [7, 11) is 0. The lowest BCUT2D eigenvalue weighted by molar-refractivity contribution is -0.542. The molecule has 36 heavy (non-hydrogen) atoms. The Morgan fingerprint density at radius 1 is 0.278 bits per heavy atom. The van der Waals surface area contributed by atoms with Gasteiger partial charge in [-0.3, -0.25) is 4.74 Å². The van der Waals surface area contributed by atoms with Crippen LogP contribution in [-0.4, -0.2) is 66.0 Å². The zero-order chi connectivity index (χ0) is 30.2. The van der Waals surface area contributed by atoms with Crippen LogP contribution in [-0.2, 0) is 4.74 Å². The molecule has 1 nitrogen and oxygen atoms in total. The number of rotatable bonds is 6. The molecule has 25 heteroatoms. The Balaban J connectivity index is 7.78. The summed E-state index contributed by atoms with van der Waals surface area (Å²) in [5.41, 5.74) is -18.2. The maximum atomic E-state index is 14.1. The van der Waals surface area contributed by atoms with Crippen LogP contribution < -0.4 is 0 Å². The Labute approximate surface area is 177 Å². The van der Waals surface area contributed by atoms with Gasteiger partial charge in [0.1, 0.15) is 0 Å². The molecule has 0 rings (SSSR count). The van der Waals surface area contributed by atoms with Gasteiger partial charge in [0.2, 0.25) is 0 Å². The maximum absolute atomic E-state index is 14.1. The van der Waals surface area contributed by atoms with Crippen molar-refractivity contribution >= 4 is 0 Å². The number of halogens is 24. The quantitative estimate of drug-likeness (QED) is 0.282. The minimum Gasteiger partial charge on any atom is -0.268 e. The van der Waals surface area contributed by atoms with E-state index in [1.165, 1.54) is 0 Å². The van der Waals surface area contributed by atoms with Crippen LogP contribution in [0.25, 0.3) is 0 Å². The predicted octanol–water partition coefficient (Wildman–Crippen LogP) is 7.76. The summed E-state index contributed by atoms with van der Waals surface area (Å²) >= 11 is 0. The lowest BCUT2D eigenvalue weighted by atomic mass is 9.87. The smallest absolute Gasteiger partial charge is 0.268 e. The van der Waals surface area contributed by atoms with Crippen LogP contribution in [0.15, 0.2) is 0 Å². The standard InChI is InChI=1S/C11F24O/c12-1(6(19,20)21,7(22,23)24)3(14,15)11(34,35)36-5(18,4(16,17)10(31,32)33)2(13,8(25,26)27)9(28,29)30. The van der Waals surface area contributed by atoms with Crippen molar-refractivity contribution in [3.8, 4) is 0 Å². The molecule has 0 aromatic rings. The SMILES string of the molecule is FC(F)(F)C(F)(F)C(F)(OC(F)(F)C(F)(F)C(F)(C(F)(F)F)C(F)(F)F)C(F)(C(F)(F)F)C(F)(F)F. The van der Waals surface area contributed by atoms with Crippen molar-refractivity contribution in [2.45, 2.75) is 66.0 Å². The van der Waals surface area contributed by atoms with Crippen molar-refractivity contribution in [2.75, 3.05) is 0 Å². The Hall–Kier alpha value is -1.72. The molecule has 0 aromatic carbocycles. The van der Waals surface area contributed by atoms with Crippen LogP contribution in [0.1, 0.15) is 0 Å². The summed E-state index contributed by atoms with van der Waals surface area (Å²) in [6.45, 7) is 0. The van der Waals surface area contributed by atoms with Crippen LogP contribution in [0.2, 0.25) is 0 Å². The van der Waals surface area contributed by atoms with Crippen LogP contribution >= 0.6 is 0 Å². The lowest BCUT2D eigenvalue weighted by Gasteiger charge is -2.47. The fraction of sp³-hybridized carbons (Fsp3) is 1.00. The highest BCUT2D eigenvalue weighted by atomic mass is 19.5. The first-order valence-electron chi connectivity index (χ1n) is 7.19. The topological polar surface area (TPSA) is 9.23 Å². The summed E-state index contributed by atoms with van der Waals surface area (Å²) in [6, 6.07) is 0. The summed E-state index contributed by atoms with van der Waals surface area (Å²) in [5, 5.41) is 0. The van der Waals surface area contributed by atoms with E-state index in [1.54, 1.807) is 0 Å². The molecule has 0 saturated heterocycles. The largest absolute Gasteiger partial charge is 0.459 e. The van der Waals surface area contributed by atoms with Crippen molar-refractivity contribution in [1.82, 2.24) is 0 Å². The van der Waals surface area contributed by atoms with Crippen molar-refractivity contribution in [1.29, 1.82) is 0 Å². The summed E-state index contributed by atoms with van der Waals surface area (Å²) in [5.74, 6) is -27.8. The molecule has 0 spiro atoms. The maximum Gasteiger partial charge on any atom is 0.459 e. The first-order chi connectivity index (χ1) is 15.0. The summed E-state index contributed by atoms with van der Waals surface area (Å²) in [4.78, 5) is 0. The van der Waals surface area contributed by atoms with Gasteiger partial charge in [0.05, 0.1) is 0 Å². The molecule has 0 aliphatic heterocycles. The molecule has 218 valence electrons. The molecular formula is C11F24O. The second kappa shape index (κ2) is 8.14. The highest BCUT2D eigenvalue weighted by molar-refractivity contribution is 5.16. The van der Waals surface area contributed by atoms with Gasteiger partial charge in [-0.2, -0.15) is 92.2 Å². The van der Waals surface area contributed by atoms with Gasteiger partial charge in [-0.15, -0.1) is 0 Å². The van der Waals surface area contributed by atoms with Gasteiger partial charge in [-0.1, -0.05) is 0 Å². The minimum absolute atomic E-state index is 0.661. The molecule has 0 fully saturated rings. The fourth-order valence-corrected chi connectivity index (χ4v) is 2.02. The third kappa shape index (κ3) is 4.34. The third-order valence-electron chi connectivity index (χ3n) is 3.83. The fourth-order valence-electron chi connectivity index (χ4n) is 2.02. The average Bonchev–Trinajstić information content (AvgIpc) is 2.53. The van der Waals surface area contributed by atoms with E-state index < -0.39 is 66.0 Å². The van der Waals surface area contributed by atoms with Crippen LogP contribution in [0.3, 0.4) is 0 Å². The van der Waals surface area contributed by atoms with Crippen molar-refractivity contribution in [3.63, 3.8) is 0 Å². The summed E-state index contributed by atoms with van der Waals surface area (Å²) in [6.07, 6.45) is -52.2. The van der Waals surface area contributed by atoms with E-state index in [0.717, 1.165) is 0 Å². The van der Waals surface area contributed by atoms with Crippen LogP contribution in [0.5, 0.6) is 0 Å². The molecule has 0 amide bonds. The zero-order valence-corrected chi connectivity index (χ0v) is 15.0. The molecule has 0 saturated carbocycles. The van der Waals surface area contributed by atoms with E-state index >= 15 is 0 Å². The van der Waals surface area contributed by atoms with Gasteiger partial charge in [0.15, 0.2) is 0 Å². The third-order valence-corrected chi connectivity index (χ3v) is 3.83. The Bertz CT molecular complexity index is 759. The highest BCUT2D eigenvalue weighted by Crippen LogP contribution is 2.66. The van der Waals surface area contributed by atoms with Gasteiger partial charge in [0, 0.05) is 0 Å². The molecule has 0 radical (unpaired) electrons. The van der Waals surface area contributed by atoms with Gasteiger partial charge in [-0.25, -0.2) is 13.2 Å². The van der Waals surface area contributed by atoms with Crippen LogP contribution in [0, 0.1) is 0 Å². The van der Waals surface area contributed by atoms with Crippen molar-refractivity contribution in [2.24, 2.45) is 0 Å². The molecule has 1 atom stereocenters. The average molecular weight is 604 g/mol. The molecule has 0 N–H and O–H groups in total. The first-order valence-corrected chi connectivity index (χ1v) is 7.19. The Kier molecular flexibility index (Phi) is 7.75. The normalized spacial score (nSPS) is 18.3. The number of alkyl halides is 24. The predicted molar refractivity (Wildman–Crippen MR) is 57.7 cm³/mol. The number of hydrogen-bond acceptors (Lipinski definition) is 1. The van der Waals surface area contributed by atoms with Crippen molar-refractivity contribution in [3.05, 3.63) is 0 Å². The molecule has 0 aromatic heterocycles. The Morgan fingerprint density at radius 3 is 0.722 bits per heavy atom. The second-order valence-electron chi connectivity index (χ2n) is 6.17. The lowest BCUT2D eigenvalue weighted by Crippen LogP contribution is -2.79. The van der Waals surface area contributed by atoms with E-state index in [0.29, 0.717) is 4.74 Å². The van der Waals surface area contributed by atoms with Gasteiger partial charge in [-0.05, 0) is 0 Å². The molecule has 0 heterocycles. The molecule has 0 aliphatic carbocycles. The van der Waals surface area contributed by atoms with E-state index in [1.807, 2.05) is 0 Å². The second-order valence-corrected chi connectivity index (χ2v) is 6.17. The molecule has 0 aliphatic rings. The van der Waals surface area contributed by atoms with Gasteiger partial charge in [0.25, 0.3) is 0 Å². The van der Waals surface area contributed by atoms with Crippen molar-refractivity contribution < 1.29 is 110 Å². The number of hydrogen-bond donors (Lipinski definition) is 0. The monoisotopic (exact) mass is 604 g/mol. The molecular weight excluding hydrogens is 604 g/mol. The summed E-state index contributed by atoms with van der Waals surface area (Å²) < 4.78 is 307.